The van der Waals surface area contributed by atoms with E-state index in [-0.39, 0.29) is 6.10 Å². The van der Waals surface area contributed by atoms with E-state index in [1.54, 1.807) is 0 Å². The summed E-state index contributed by atoms with van der Waals surface area (Å²) in [6.45, 7) is 1.84. The lowest BCUT2D eigenvalue weighted by atomic mass is 9.91. The van der Waals surface area contributed by atoms with Crippen LogP contribution >= 0.6 is 0 Å². The molecule has 0 amide bonds. The fourth-order valence-electron chi connectivity index (χ4n) is 2.23. The Bertz CT molecular complexity index is 573. The van der Waals surface area contributed by atoms with E-state index >= 15 is 0 Å². The second-order valence-electron chi connectivity index (χ2n) is 4.37. The van der Waals surface area contributed by atoms with Crippen LogP contribution in [0.3, 0.4) is 0 Å². The summed E-state index contributed by atoms with van der Waals surface area (Å²) in [6.07, 6.45) is 1.67. The van der Waals surface area contributed by atoms with Gasteiger partial charge in [0.05, 0.1) is 6.10 Å². The average molecular weight is 251 g/mol. The van der Waals surface area contributed by atoms with Crippen LogP contribution in [-0.2, 0) is 16.8 Å². The number of H-pyrrole nitrogens is 1. The number of benzene rings is 1. The summed E-state index contributed by atoms with van der Waals surface area (Å²) in [6, 6.07) is 3.51. The zero-order valence-electron chi connectivity index (χ0n) is 9.65. The Kier molecular flexibility index (Phi) is 2.41. The summed E-state index contributed by atoms with van der Waals surface area (Å²) in [5, 5.41) is 6.54. The van der Waals surface area contributed by atoms with Gasteiger partial charge in [-0.2, -0.15) is 5.10 Å². The Morgan fingerprint density at radius 3 is 2.78 bits per heavy atom. The first-order valence-electron chi connectivity index (χ1n) is 5.60. The summed E-state index contributed by atoms with van der Waals surface area (Å²) in [7, 11) is 0. The van der Waals surface area contributed by atoms with Crippen molar-refractivity contribution in [1.82, 2.24) is 15.2 Å². The zero-order chi connectivity index (χ0) is 12.8. The third-order valence-corrected chi connectivity index (χ3v) is 3.26. The highest BCUT2D eigenvalue weighted by Crippen LogP contribution is 2.49. The van der Waals surface area contributed by atoms with Gasteiger partial charge in [0.1, 0.15) is 23.6 Å². The molecule has 1 saturated heterocycles. The van der Waals surface area contributed by atoms with Crippen LogP contribution in [0.4, 0.5) is 8.78 Å². The highest BCUT2D eigenvalue weighted by atomic mass is 19.1. The first-order chi connectivity index (χ1) is 8.62. The van der Waals surface area contributed by atoms with Crippen molar-refractivity contribution in [3.63, 3.8) is 0 Å². The van der Waals surface area contributed by atoms with Crippen molar-refractivity contribution in [3.8, 4) is 0 Å². The number of halogens is 2. The molecule has 94 valence electrons. The maximum atomic E-state index is 13.8. The average Bonchev–Trinajstić information content (AvgIpc) is 2.75. The number of hydrogen-bond acceptors (Lipinski definition) is 3. The summed E-state index contributed by atoms with van der Waals surface area (Å²) < 4.78 is 32.3. The van der Waals surface area contributed by atoms with Crippen molar-refractivity contribution in [2.45, 2.75) is 25.0 Å². The standard InChI is InChI=1S/C12H11F2N3O/c1-7-12(18-7,5-11-15-6-16-17-11)9-3-2-8(13)4-10(9)14/h2-4,6-7H,5H2,1H3,(H,15,16,17)/t7-,12-/m0/s1. The Morgan fingerprint density at radius 1 is 1.44 bits per heavy atom. The van der Waals surface area contributed by atoms with E-state index < -0.39 is 17.2 Å². The number of ether oxygens (including phenoxy) is 1. The predicted molar refractivity (Wildman–Crippen MR) is 58.7 cm³/mol. The third kappa shape index (κ3) is 1.69. The fraction of sp³-hybridized carbons (Fsp3) is 0.333. The SMILES string of the molecule is C[C@@H]1O[C@]1(Cc1nc[nH]n1)c1ccc(F)cc1F. The molecule has 0 radical (unpaired) electrons. The molecule has 0 aliphatic carbocycles. The normalized spacial score (nSPS) is 26.3. The van der Waals surface area contributed by atoms with Gasteiger partial charge in [-0.15, -0.1) is 0 Å². The lowest BCUT2D eigenvalue weighted by molar-refractivity contribution is 0.287. The van der Waals surface area contributed by atoms with Crippen LogP contribution in [0.2, 0.25) is 0 Å². The number of nitrogens with one attached hydrogen (secondary N) is 1. The van der Waals surface area contributed by atoms with E-state index in [1.807, 2.05) is 6.92 Å². The number of epoxide rings is 1. The zero-order valence-corrected chi connectivity index (χ0v) is 9.65. The van der Waals surface area contributed by atoms with Crippen LogP contribution in [-0.4, -0.2) is 21.3 Å². The molecular weight excluding hydrogens is 240 g/mol. The van der Waals surface area contributed by atoms with Crippen molar-refractivity contribution in [2.24, 2.45) is 0 Å². The van der Waals surface area contributed by atoms with Gasteiger partial charge in [-0.05, 0) is 13.0 Å². The van der Waals surface area contributed by atoms with Gasteiger partial charge in [-0.1, -0.05) is 6.07 Å². The molecule has 0 spiro atoms. The maximum Gasteiger partial charge on any atom is 0.153 e. The molecule has 2 heterocycles. The van der Waals surface area contributed by atoms with E-state index in [1.165, 1.54) is 18.5 Å². The minimum atomic E-state index is -0.778. The molecular formula is C12H11F2N3O. The number of aromatic nitrogens is 3. The molecule has 6 heteroatoms. The number of hydrogen-bond donors (Lipinski definition) is 1. The van der Waals surface area contributed by atoms with Crippen LogP contribution in [0, 0.1) is 11.6 Å². The highest BCUT2D eigenvalue weighted by molar-refractivity contribution is 5.32. The van der Waals surface area contributed by atoms with Crippen LogP contribution in [0.25, 0.3) is 0 Å². The molecule has 1 fully saturated rings. The molecule has 1 aromatic carbocycles. The minimum absolute atomic E-state index is 0.143. The summed E-state index contributed by atoms with van der Waals surface area (Å²) >= 11 is 0. The van der Waals surface area contributed by atoms with Crippen LogP contribution in [0.5, 0.6) is 0 Å². The highest BCUT2D eigenvalue weighted by Gasteiger charge is 2.56. The minimum Gasteiger partial charge on any atom is -0.361 e. The molecule has 2 atom stereocenters. The van der Waals surface area contributed by atoms with E-state index in [2.05, 4.69) is 15.2 Å². The molecule has 1 N–H and O–H groups in total. The Labute approximate surface area is 102 Å². The Hall–Kier alpha value is -1.82. The lowest BCUT2D eigenvalue weighted by Crippen LogP contribution is -2.18. The van der Waals surface area contributed by atoms with Crippen molar-refractivity contribution in [2.75, 3.05) is 0 Å². The maximum absolute atomic E-state index is 13.8. The second kappa shape index (κ2) is 3.84. The lowest BCUT2D eigenvalue weighted by Gasteiger charge is -2.12. The van der Waals surface area contributed by atoms with Gasteiger partial charge >= 0.3 is 0 Å². The molecule has 18 heavy (non-hydrogen) atoms. The van der Waals surface area contributed by atoms with Crippen molar-refractivity contribution in [3.05, 3.63) is 47.5 Å². The van der Waals surface area contributed by atoms with Gasteiger partial charge in [0.15, 0.2) is 5.82 Å². The van der Waals surface area contributed by atoms with Crippen molar-refractivity contribution >= 4 is 0 Å². The Morgan fingerprint density at radius 2 is 2.22 bits per heavy atom. The van der Waals surface area contributed by atoms with Gasteiger partial charge in [0.2, 0.25) is 0 Å². The molecule has 0 unspecified atom stereocenters. The smallest absolute Gasteiger partial charge is 0.153 e. The molecule has 0 bridgehead atoms. The van der Waals surface area contributed by atoms with Gasteiger partial charge in [-0.25, -0.2) is 13.8 Å². The Balaban J connectivity index is 1.97. The number of rotatable bonds is 3. The van der Waals surface area contributed by atoms with Gasteiger partial charge in [0, 0.05) is 18.1 Å². The van der Waals surface area contributed by atoms with E-state index in [0.29, 0.717) is 17.8 Å². The van der Waals surface area contributed by atoms with Crippen LogP contribution in [0.1, 0.15) is 18.3 Å². The van der Waals surface area contributed by atoms with E-state index in [0.717, 1.165) is 6.07 Å². The van der Waals surface area contributed by atoms with Crippen molar-refractivity contribution in [1.29, 1.82) is 0 Å². The fourth-order valence-corrected chi connectivity index (χ4v) is 2.23. The summed E-state index contributed by atoms with van der Waals surface area (Å²) in [5.41, 5.74) is -0.429. The largest absolute Gasteiger partial charge is 0.361 e. The molecule has 2 aromatic rings. The quantitative estimate of drug-likeness (QED) is 0.848. The monoisotopic (exact) mass is 251 g/mol. The molecule has 1 aromatic heterocycles. The predicted octanol–water partition coefficient (Wildman–Crippen LogP) is 1.94. The van der Waals surface area contributed by atoms with E-state index in [9.17, 15) is 8.78 Å². The first-order valence-corrected chi connectivity index (χ1v) is 5.60. The summed E-state index contributed by atoms with van der Waals surface area (Å²) in [4.78, 5) is 4.01. The second-order valence-corrected chi connectivity index (χ2v) is 4.37. The molecule has 1 aliphatic heterocycles. The van der Waals surface area contributed by atoms with Crippen LogP contribution < -0.4 is 0 Å². The molecule has 3 rings (SSSR count). The number of aromatic amines is 1. The molecule has 4 nitrogen and oxygen atoms in total. The summed E-state index contributed by atoms with van der Waals surface area (Å²) in [5.74, 6) is -0.657. The third-order valence-electron chi connectivity index (χ3n) is 3.26. The van der Waals surface area contributed by atoms with Gasteiger partial charge < -0.3 is 4.74 Å². The van der Waals surface area contributed by atoms with Crippen molar-refractivity contribution < 1.29 is 13.5 Å². The van der Waals surface area contributed by atoms with Gasteiger partial charge in [-0.3, -0.25) is 5.10 Å². The number of nitrogens with zero attached hydrogens (tertiary/aromatic N) is 2. The van der Waals surface area contributed by atoms with Gasteiger partial charge in [0.25, 0.3) is 0 Å². The molecule has 0 saturated carbocycles. The first kappa shape index (κ1) is 11.3. The molecule has 1 aliphatic rings. The topological polar surface area (TPSA) is 54.1 Å². The van der Waals surface area contributed by atoms with E-state index in [4.69, 9.17) is 4.74 Å². The van der Waals surface area contributed by atoms with Crippen LogP contribution in [0.15, 0.2) is 24.5 Å².